The van der Waals surface area contributed by atoms with Crippen molar-refractivity contribution in [2.45, 2.75) is 136 Å². The average Bonchev–Trinajstić information content (AvgIpc) is 3.30. The van der Waals surface area contributed by atoms with Crippen LogP contribution in [0, 0.1) is 0 Å². The van der Waals surface area contributed by atoms with Crippen LogP contribution < -0.4 is 38.1 Å². The molecule has 0 aromatic heterocycles. The summed E-state index contributed by atoms with van der Waals surface area (Å²) >= 11 is 0. The van der Waals surface area contributed by atoms with Crippen LogP contribution in [-0.4, -0.2) is 186 Å². The number of rotatable bonds is 30. The van der Waals surface area contributed by atoms with E-state index < -0.39 is 64.6 Å². The summed E-state index contributed by atoms with van der Waals surface area (Å²) < 4.78 is 8.78. The first-order valence-electron chi connectivity index (χ1n) is 22.0. The van der Waals surface area contributed by atoms with Gasteiger partial charge < -0.3 is 52.4 Å². The molecule has 25 nitrogen and oxygen atoms in total. The highest BCUT2D eigenvalue weighted by Crippen LogP contribution is 2.03. The minimum Gasteiger partial charge on any atom is -0.463 e. The van der Waals surface area contributed by atoms with Gasteiger partial charge in [-0.3, -0.25) is 62.3 Å². The summed E-state index contributed by atoms with van der Waals surface area (Å²) in [5, 5.41) is 13.4. The molecule has 0 saturated carbocycles. The number of ketones is 10. The smallest absolute Gasteiger partial charge is 0.374 e. The highest BCUT2D eigenvalue weighted by atomic mass is 16.5. The summed E-state index contributed by atoms with van der Waals surface area (Å²) in [7, 11) is 12.2. The van der Waals surface area contributed by atoms with E-state index in [-0.39, 0.29) is 98.2 Å². The molecular weight excluding hydrogens is 925 g/mol. The standard InChI is InChI=1S/C10H18N2O3.C10H17NO4.C9H16N2O3.C9H15NO4.C7H12N2O3/c1-7(13)8(11-2)5-6-9(14)10(15)12(3)4;1-4-15-10(14)9(13)6-5-8(11-3)7(2)12;1-6(12)7(10-2)4-5-8(13)9(14)11-3;1-6(11)7(10-2)4-5-8(12)9(13)14-3;1-4(10)5(8)2-3-6(11)7(9)12/h8,11H,5-6H2,1-4H3;8,11H,4-6H2,1-3H3;7,10H,4-5H2,1-3H3,(H,11,14);7,10H,4-5H2,1-3H3;5H,2-3,8H2,1H3,(H2,9,12)/t2*8-;2*7-;5-/m00000/s1. The second kappa shape index (κ2) is 42.9. The number of carbonyl (C=O) groups excluding carboxylic acids is 15. The lowest BCUT2D eigenvalue weighted by molar-refractivity contribution is -0.153. The number of primary amides is 1. The Morgan fingerprint density at radius 3 is 1.04 bits per heavy atom. The Bertz CT molecular complexity index is 1730. The number of methoxy groups -OCH3 is 1. The Labute approximate surface area is 410 Å². The number of nitrogens with two attached hydrogens (primary N) is 2. The van der Waals surface area contributed by atoms with Crippen LogP contribution >= 0.6 is 0 Å². The first-order valence-corrected chi connectivity index (χ1v) is 22.0. The third kappa shape index (κ3) is 37.8. The number of hydrogen-bond donors (Lipinski definition) is 7. The number of hydrogen-bond acceptors (Lipinski definition) is 22. The molecule has 3 amide bonds. The van der Waals surface area contributed by atoms with Crippen LogP contribution in [0.1, 0.15) is 106 Å². The molecule has 5 atom stereocenters. The topological polar surface area (TPSA) is 390 Å². The maximum Gasteiger partial charge on any atom is 0.374 e. The Hall–Kier alpha value is -6.15. The van der Waals surface area contributed by atoms with Gasteiger partial charge in [-0.1, -0.05) is 0 Å². The molecule has 70 heavy (non-hydrogen) atoms. The van der Waals surface area contributed by atoms with Crippen LogP contribution in [0.15, 0.2) is 0 Å². The van der Waals surface area contributed by atoms with E-state index in [2.05, 4.69) is 41.8 Å². The molecule has 400 valence electrons. The van der Waals surface area contributed by atoms with E-state index in [4.69, 9.17) is 5.73 Å². The fraction of sp³-hybridized carbons (Fsp3) is 0.667. The zero-order valence-corrected chi connectivity index (χ0v) is 43.2. The molecule has 0 radical (unpaired) electrons. The number of Topliss-reactive ketones (excluding diaryl/α,β-unsaturated/α-hetero) is 10. The third-order valence-electron chi connectivity index (χ3n) is 9.52. The van der Waals surface area contributed by atoms with Gasteiger partial charge in [0.2, 0.25) is 28.9 Å². The Morgan fingerprint density at radius 1 is 0.471 bits per heavy atom. The van der Waals surface area contributed by atoms with E-state index in [1.54, 1.807) is 35.1 Å². The van der Waals surface area contributed by atoms with Gasteiger partial charge in [-0.05, 0) is 102 Å². The lowest BCUT2D eigenvalue weighted by atomic mass is 10.1. The van der Waals surface area contributed by atoms with E-state index in [0.717, 1.165) is 7.11 Å². The second-order valence-corrected chi connectivity index (χ2v) is 15.2. The van der Waals surface area contributed by atoms with Crippen LogP contribution in [0.25, 0.3) is 0 Å². The molecule has 0 aliphatic heterocycles. The average molecular weight is 1000 g/mol. The SMILES string of the molecule is CC(=O)[C@@H](N)CCC(=O)C(N)=O.CCOC(=O)C(=O)CC[C@H](NC)C(C)=O.CNC(=O)C(=O)CC[C@H](NC)C(C)=O.CN[C@@H](CCC(=O)C(=O)N(C)C)C(C)=O.CN[C@@H](CCC(=O)C(=O)OC)C(C)=O. The number of nitrogens with one attached hydrogen (secondary N) is 5. The number of esters is 2. The normalized spacial score (nSPS) is 12.0. The largest absolute Gasteiger partial charge is 0.463 e. The van der Waals surface area contributed by atoms with Crippen molar-refractivity contribution in [3.63, 3.8) is 0 Å². The summed E-state index contributed by atoms with van der Waals surface area (Å²) in [5.74, 6) is -6.97. The molecule has 0 heterocycles. The number of nitrogens with zero attached hydrogens (tertiary/aromatic N) is 1. The molecule has 0 unspecified atom stereocenters. The third-order valence-corrected chi connectivity index (χ3v) is 9.52. The molecule has 0 aliphatic carbocycles. The van der Waals surface area contributed by atoms with E-state index in [9.17, 15) is 71.9 Å². The van der Waals surface area contributed by atoms with Crippen molar-refractivity contribution >= 4 is 87.5 Å². The van der Waals surface area contributed by atoms with E-state index >= 15 is 0 Å². The van der Waals surface area contributed by atoms with Gasteiger partial charge in [-0.25, -0.2) is 9.59 Å². The quantitative estimate of drug-likeness (QED) is 0.0286. The Kier molecular flexibility index (Phi) is 44.6. The molecule has 25 heteroatoms. The van der Waals surface area contributed by atoms with Crippen LogP contribution in [-0.2, 0) is 81.4 Å². The molecule has 0 aromatic carbocycles. The molecule has 9 N–H and O–H groups in total. The van der Waals surface area contributed by atoms with Crippen molar-refractivity contribution in [1.82, 2.24) is 31.5 Å². The number of amides is 3. The molecule has 0 aromatic rings. The monoisotopic (exact) mass is 1000 g/mol. The van der Waals surface area contributed by atoms with Gasteiger partial charge >= 0.3 is 11.9 Å². The maximum atomic E-state index is 11.3. The molecule has 0 fully saturated rings. The van der Waals surface area contributed by atoms with Gasteiger partial charge in [-0.15, -0.1) is 0 Å². The van der Waals surface area contributed by atoms with Crippen molar-refractivity contribution in [3.05, 3.63) is 0 Å². The lowest BCUT2D eigenvalue weighted by Crippen LogP contribution is -2.35. The number of carbonyl (C=O) groups is 15. The van der Waals surface area contributed by atoms with Crippen molar-refractivity contribution in [2.75, 3.05) is 63.1 Å². The van der Waals surface area contributed by atoms with E-state index in [1.165, 1.54) is 60.7 Å². The molecule has 0 saturated heterocycles. The summed E-state index contributed by atoms with van der Waals surface area (Å²) in [6.07, 6.45) is 1.73. The Balaban J connectivity index is -0.000000252. The fourth-order valence-electron chi connectivity index (χ4n) is 5.06. The minimum atomic E-state index is -0.981. The molecule has 0 rings (SSSR count). The van der Waals surface area contributed by atoms with Crippen LogP contribution in [0.4, 0.5) is 0 Å². The van der Waals surface area contributed by atoms with Crippen LogP contribution in [0.5, 0.6) is 0 Å². The summed E-state index contributed by atoms with van der Waals surface area (Å²) in [5.41, 5.74) is 10.00. The van der Waals surface area contributed by atoms with Crippen LogP contribution in [0.3, 0.4) is 0 Å². The number of likely N-dealkylation sites (N-methyl/N-ethyl adjacent to an activating group) is 6. The molecule has 0 spiro atoms. The zero-order valence-electron chi connectivity index (χ0n) is 43.2. The fourth-order valence-corrected chi connectivity index (χ4v) is 5.06. The first kappa shape index (κ1) is 72.8. The minimum absolute atomic E-state index is 0.0254. The highest BCUT2D eigenvalue weighted by molar-refractivity contribution is 6.37. The Morgan fingerprint density at radius 2 is 0.786 bits per heavy atom. The van der Waals surface area contributed by atoms with Gasteiger partial charge in [0.1, 0.15) is 28.9 Å². The predicted octanol–water partition coefficient (Wildman–Crippen LogP) is -2.64. The van der Waals surface area contributed by atoms with Gasteiger partial charge in [-0.2, -0.15) is 0 Å². The first-order chi connectivity index (χ1) is 32.4. The maximum absolute atomic E-state index is 11.3. The van der Waals surface area contributed by atoms with Gasteiger partial charge in [0.25, 0.3) is 17.7 Å². The summed E-state index contributed by atoms with van der Waals surface area (Å²) in [6, 6.07) is -2.10. The highest BCUT2D eigenvalue weighted by Gasteiger charge is 2.22. The van der Waals surface area contributed by atoms with E-state index in [1.807, 2.05) is 0 Å². The lowest BCUT2D eigenvalue weighted by Gasteiger charge is -2.13. The molecule has 0 aliphatic rings. The van der Waals surface area contributed by atoms with Gasteiger partial charge in [0, 0.05) is 53.2 Å². The second-order valence-electron chi connectivity index (χ2n) is 15.2. The van der Waals surface area contributed by atoms with E-state index in [0.29, 0.717) is 25.7 Å². The van der Waals surface area contributed by atoms with Crippen molar-refractivity contribution in [1.29, 1.82) is 0 Å². The van der Waals surface area contributed by atoms with Crippen molar-refractivity contribution < 1.29 is 81.4 Å². The zero-order chi connectivity index (χ0) is 55.9. The number of ether oxygens (including phenoxy) is 2. The summed E-state index contributed by atoms with van der Waals surface area (Å²) in [6.45, 7) is 8.94. The van der Waals surface area contributed by atoms with Crippen LogP contribution in [0.2, 0.25) is 0 Å². The molecule has 0 bridgehead atoms. The van der Waals surface area contributed by atoms with Gasteiger partial charge in [0.15, 0.2) is 0 Å². The van der Waals surface area contributed by atoms with Crippen molar-refractivity contribution in [2.24, 2.45) is 11.5 Å². The molecular formula is C45H78N8O17. The van der Waals surface area contributed by atoms with Crippen molar-refractivity contribution in [3.8, 4) is 0 Å². The summed E-state index contributed by atoms with van der Waals surface area (Å²) in [4.78, 5) is 165. The predicted molar refractivity (Wildman–Crippen MR) is 255 cm³/mol. The van der Waals surface area contributed by atoms with Gasteiger partial charge in [0.05, 0.1) is 43.9 Å².